The second kappa shape index (κ2) is 11.4. The molecule has 0 spiro atoms. The molecule has 0 saturated heterocycles. The van der Waals surface area contributed by atoms with Crippen LogP contribution in [-0.4, -0.2) is 47.9 Å². The summed E-state index contributed by atoms with van der Waals surface area (Å²) in [6.45, 7) is 7.24. The number of methoxy groups -OCH3 is 1. The quantitative estimate of drug-likeness (QED) is 0.429. The maximum atomic E-state index is 11.9. The number of carbonyl (C=O) groups excluding carboxylic acids is 1. The number of unbranched alkanes of at least 4 members (excludes halogenated alkanes) is 1. The molecule has 20 heavy (non-hydrogen) atoms. The standard InChI is InChI=1S/C15H31NO3S/c1-5-10-16-15(3,14(18)19-4)9-6-7-12-20-13(2)8-11-17/h13,16-17H,5-12H2,1-4H3. The Morgan fingerprint density at radius 2 is 2.15 bits per heavy atom. The summed E-state index contributed by atoms with van der Waals surface area (Å²) in [6.07, 6.45) is 4.74. The summed E-state index contributed by atoms with van der Waals surface area (Å²) in [6, 6.07) is 0. The van der Waals surface area contributed by atoms with Gasteiger partial charge in [0.2, 0.25) is 0 Å². The van der Waals surface area contributed by atoms with Crippen molar-refractivity contribution in [3.63, 3.8) is 0 Å². The van der Waals surface area contributed by atoms with E-state index in [-0.39, 0.29) is 12.6 Å². The van der Waals surface area contributed by atoms with E-state index in [1.807, 2.05) is 18.7 Å². The van der Waals surface area contributed by atoms with Crippen molar-refractivity contribution < 1.29 is 14.6 Å². The molecule has 0 amide bonds. The van der Waals surface area contributed by atoms with Crippen LogP contribution in [0.1, 0.15) is 52.9 Å². The van der Waals surface area contributed by atoms with Crippen molar-refractivity contribution in [2.24, 2.45) is 0 Å². The average Bonchev–Trinajstić information content (AvgIpc) is 2.44. The molecule has 2 N–H and O–H groups in total. The first-order valence-corrected chi connectivity index (χ1v) is 8.61. The lowest BCUT2D eigenvalue weighted by atomic mass is 9.95. The fraction of sp³-hybridized carbons (Fsp3) is 0.933. The second-order valence-corrected chi connectivity index (χ2v) is 6.95. The number of hydrogen-bond donors (Lipinski definition) is 2. The Kier molecular flexibility index (Phi) is 11.3. The third-order valence-corrected chi connectivity index (χ3v) is 4.74. The number of aliphatic hydroxyl groups is 1. The molecule has 0 aromatic carbocycles. The van der Waals surface area contributed by atoms with Crippen LogP contribution in [0.5, 0.6) is 0 Å². The van der Waals surface area contributed by atoms with Crippen LogP contribution in [0.2, 0.25) is 0 Å². The maximum Gasteiger partial charge on any atom is 0.325 e. The highest BCUT2D eigenvalue weighted by Crippen LogP contribution is 2.20. The number of carbonyl (C=O) groups is 1. The lowest BCUT2D eigenvalue weighted by molar-refractivity contribution is -0.148. The topological polar surface area (TPSA) is 58.6 Å². The van der Waals surface area contributed by atoms with Gasteiger partial charge < -0.3 is 15.2 Å². The van der Waals surface area contributed by atoms with Crippen LogP contribution in [0.4, 0.5) is 0 Å². The Morgan fingerprint density at radius 3 is 2.70 bits per heavy atom. The molecular formula is C15H31NO3S. The van der Waals surface area contributed by atoms with Crippen LogP contribution < -0.4 is 5.32 Å². The van der Waals surface area contributed by atoms with E-state index < -0.39 is 5.54 Å². The molecule has 0 saturated carbocycles. The van der Waals surface area contributed by atoms with Gasteiger partial charge in [-0.15, -0.1) is 0 Å². The minimum atomic E-state index is -0.563. The molecule has 0 aliphatic heterocycles. The van der Waals surface area contributed by atoms with E-state index >= 15 is 0 Å². The largest absolute Gasteiger partial charge is 0.468 e. The molecule has 0 aliphatic carbocycles. The highest BCUT2D eigenvalue weighted by atomic mass is 32.2. The zero-order valence-corrected chi connectivity index (χ0v) is 14.2. The van der Waals surface area contributed by atoms with E-state index in [0.717, 1.165) is 44.4 Å². The molecule has 0 aromatic heterocycles. The molecule has 0 aliphatic rings. The van der Waals surface area contributed by atoms with Crippen LogP contribution in [-0.2, 0) is 9.53 Å². The first kappa shape index (κ1) is 19.7. The van der Waals surface area contributed by atoms with Crippen molar-refractivity contribution in [1.29, 1.82) is 0 Å². The van der Waals surface area contributed by atoms with Gasteiger partial charge in [-0.05, 0) is 44.9 Å². The van der Waals surface area contributed by atoms with E-state index in [0.29, 0.717) is 5.25 Å². The Morgan fingerprint density at radius 1 is 1.45 bits per heavy atom. The van der Waals surface area contributed by atoms with Gasteiger partial charge in [0.25, 0.3) is 0 Å². The second-order valence-electron chi connectivity index (χ2n) is 5.40. The van der Waals surface area contributed by atoms with Crippen molar-refractivity contribution in [3.8, 4) is 0 Å². The predicted molar refractivity (Wildman–Crippen MR) is 86.2 cm³/mol. The van der Waals surface area contributed by atoms with Gasteiger partial charge in [0.15, 0.2) is 0 Å². The van der Waals surface area contributed by atoms with Gasteiger partial charge in [-0.2, -0.15) is 11.8 Å². The highest BCUT2D eigenvalue weighted by Gasteiger charge is 2.32. The molecule has 2 unspecified atom stereocenters. The predicted octanol–water partition coefficient (Wildman–Crippen LogP) is 2.59. The first-order valence-electron chi connectivity index (χ1n) is 7.56. The van der Waals surface area contributed by atoms with Crippen molar-refractivity contribution >= 4 is 17.7 Å². The normalized spacial score (nSPS) is 15.7. The molecule has 2 atom stereocenters. The van der Waals surface area contributed by atoms with E-state index in [1.54, 1.807) is 0 Å². The monoisotopic (exact) mass is 305 g/mol. The van der Waals surface area contributed by atoms with E-state index in [4.69, 9.17) is 9.84 Å². The van der Waals surface area contributed by atoms with Gasteiger partial charge in [0, 0.05) is 11.9 Å². The summed E-state index contributed by atoms with van der Waals surface area (Å²) in [4.78, 5) is 11.9. The van der Waals surface area contributed by atoms with Crippen LogP contribution >= 0.6 is 11.8 Å². The smallest absolute Gasteiger partial charge is 0.325 e. The number of ether oxygens (including phenoxy) is 1. The van der Waals surface area contributed by atoms with Gasteiger partial charge in [-0.1, -0.05) is 20.3 Å². The number of thioether (sulfide) groups is 1. The van der Waals surface area contributed by atoms with Crippen LogP contribution in [0.15, 0.2) is 0 Å². The number of esters is 1. The third kappa shape index (κ3) is 8.12. The summed E-state index contributed by atoms with van der Waals surface area (Å²) >= 11 is 1.89. The van der Waals surface area contributed by atoms with Crippen LogP contribution in [0, 0.1) is 0 Å². The van der Waals surface area contributed by atoms with E-state index in [1.165, 1.54) is 7.11 Å². The summed E-state index contributed by atoms with van der Waals surface area (Å²) in [5.74, 6) is 0.902. The molecular weight excluding hydrogens is 274 g/mol. The molecule has 120 valence electrons. The lowest BCUT2D eigenvalue weighted by Gasteiger charge is -2.28. The van der Waals surface area contributed by atoms with Gasteiger partial charge in [-0.25, -0.2) is 0 Å². The molecule has 0 bridgehead atoms. The number of nitrogens with one attached hydrogen (secondary N) is 1. The van der Waals surface area contributed by atoms with Gasteiger partial charge in [0.1, 0.15) is 5.54 Å². The average molecular weight is 305 g/mol. The SMILES string of the molecule is CCCNC(C)(CCCCSC(C)CCO)C(=O)OC. The number of rotatable bonds is 12. The van der Waals surface area contributed by atoms with Crippen molar-refractivity contribution in [2.75, 3.05) is 26.0 Å². The molecule has 0 rings (SSSR count). The minimum absolute atomic E-state index is 0.174. The van der Waals surface area contributed by atoms with Crippen molar-refractivity contribution in [1.82, 2.24) is 5.32 Å². The molecule has 0 radical (unpaired) electrons. The Bertz CT molecular complexity index is 264. The van der Waals surface area contributed by atoms with Crippen LogP contribution in [0.25, 0.3) is 0 Å². The zero-order chi connectivity index (χ0) is 15.4. The maximum absolute atomic E-state index is 11.9. The highest BCUT2D eigenvalue weighted by molar-refractivity contribution is 7.99. The first-order chi connectivity index (χ1) is 9.50. The number of hydrogen-bond acceptors (Lipinski definition) is 5. The zero-order valence-electron chi connectivity index (χ0n) is 13.4. The van der Waals surface area contributed by atoms with Gasteiger partial charge in [-0.3, -0.25) is 4.79 Å². The Labute approximate surface area is 128 Å². The molecule has 4 nitrogen and oxygen atoms in total. The fourth-order valence-electron chi connectivity index (χ4n) is 2.02. The summed E-state index contributed by atoms with van der Waals surface area (Å²) in [5.41, 5.74) is -0.563. The van der Waals surface area contributed by atoms with Crippen molar-refractivity contribution in [3.05, 3.63) is 0 Å². The summed E-state index contributed by atoms with van der Waals surface area (Å²) in [5, 5.41) is 12.7. The van der Waals surface area contributed by atoms with Crippen molar-refractivity contribution in [2.45, 2.75) is 63.7 Å². The Hall–Kier alpha value is -0.260. The van der Waals surface area contributed by atoms with E-state index in [2.05, 4.69) is 19.2 Å². The Balaban J connectivity index is 3.99. The fourth-order valence-corrected chi connectivity index (χ4v) is 3.06. The lowest BCUT2D eigenvalue weighted by Crippen LogP contribution is -2.50. The molecule has 0 aromatic rings. The van der Waals surface area contributed by atoms with E-state index in [9.17, 15) is 4.79 Å². The summed E-state index contributed by atoms with van der Waals surface area (Å²) in [7, 11) is 1.45. The third-order valence-electron chi connectivity index (χ3n) is 3.41. The molecule has 0 fully saturated rings. The minimum Gasteiger partial charge on any atom is -0.468 e. The number of aliphatic hydroxyl groups excluding tert-OH is 1. The molecule has 5 heteroatoms. The summed E-state index contributed by atoms with van der Waals surface area (Å²) < 4.78 is 4.91. The van der Waals surface area contributed by atoms with Gasteiger partial charge in [0.05, 0.1) is 7.11 Å². The van der Waals surface area contributed by atoms with Gasteiger partial charge >= 0.3 is 5.97 Å². The van der Waals surface area contributed by atoms with Crippen LogP contribution in [0.3, 0.4) is 0 Å². The molecule has 0 heterocycles.